The van der Waals surface area contributed by atoms with Crippen LogP contribution < -0.4 is 4.74 Å². The second-order valence-corrected chi connectivity index (χ2v) is 7.94. The topological polar surface area (TPSA) is 48.4 Å². The second-order valence-electron chi connectivity index (χ2n) is 7.94. The maximum Gasteiger partial charge on any atom is 0.259 e. The monoisotopic (exact) mass is 402 g/mol. The van der Waals surface area contributed by atoms with Crippen LogP contribution in [0, 0.1) is 0 Å². The Labute approximate surface area is 177 Å². The molecule has 0 bridgehead atoms. The van der Waals surface area contributed by atoms with Gasteiger partial charge in [0, 0.05) is 38.3 Å². The lowest BCUT2D eigenvalue weighted by atomic mass is 10.00. The summed E-state index contributed by atoms with van der Waals surface area (Å²) in [7, 11) is 1.66. The molecule has 154 valence electrons. The summed E-state index contributed by atoms with van der Waals surface area (Å²) < 4.78 is 5.26. The van der Waals surface area contributed by atoms with Gasteiger partial charge in [-0.25, -0.2) is 0 Å². The third-order valence-corrected chi connectivity index (χ3v) is 6.03. The first-order chi connectivity index (χ1) is 14.7. The van der Waals surface area contributed by atoms with Crippen LogP contribution in [0.15, 0.2) is 70.9 Å². The minimum atomic E-state index is 0.0930. The summed E-state index contributed by atoms with van der Waals surface area (Å²) in [5.74, 6) is 1.72. The number of rotatable bonds is 5. The van der Waals surface area contributed by atoms with E-state index in [2.05, 4.69) is 39.1 Å². The first kappa shape index (κ1) is 18.9. The van der Waals surface area contributed by atoms with Crippen LogP contribution in [0.5, 0.6) is 5.75 Å². The molecule has 0 saturated heterocycles. The van der Waals surface area contributed by atoms with Gasteiger partial charge in [0.2, 0.25) is 5.96 Å². The highest BCUT2D eigenvalue weighted by Gasteiger charge is 2.40. The number of benzene rings is 2. The lowest BCUT2D eigenvalue weighted by Gasteiger charge is -2.42. The van der Waals surface area contributed by atoms with Crippen molar-refractivity contribution < 1.29 is 9.53 Å². The van der Waals surface area contributed by atoms with Crippen molar-refractivity contribution in [3.05, 3.63) is 77.0 Å². The van der Waals surface area contributed by atoms with E-state index in [1.54, 1.807) is 7.11 Å². The lowest BCUT2D eigenvalue weighted by molar-refractivity contribution is -0.125. The molecule has 0 unspecified atom stereocenters. The standard InChI is InChI=1S/C24H26N4O2/c1-30-20-9-7-19(8-10-20)16-28-23(29)21-17-26(15-18-5-3-2-4-6-18)13-11-22(21)27-14-12-25-24(27)28/h2-10H,11-17H2,1H3. The fraction of sp³-hybridized carbons (Fsp3) is 0.333. The van der Waals surface area contributed by atoms with Crippen molar-refractivity contribution in [2.45, 2.75) is 19.5 Å². The van der Waals surface area contributed by atoms with Crippen LogP contribution in [0.2, 0.25) is 0 Å². The number of hydrogen-bond donors (Lipinski definition) is 0. The molecule has 0 saturated carbocycles. The number of guanidine groups is 1. The molecule has 6 nitrogen and oxygen atoms in total. The highest BCUT2D eigenvalue weighted by molar-refractivity contribution is 6.09. The zero-order chi connectivity index (χ0) is 20.5. The van der Waals surface area contributed by atoms with Gasteiger partial charge < -0.3 is 9.64 Å². The zero-order valence-electron chi connectivity index (χ0n) is 17.3. The van der Waals surface area contributed by atoms with E-state index in [1.807, 2.05) is 35.2 Å². The van der Waals surface area contributed by atoms with Crippen molar-refractivity contribution in [3.63, 3.8) is 0 Å². The summed E-state index contributed by atoms with van der Waals surface area (Å²) in [5.41, 5.74) is 4.45. The Morgan fingerprint density at radius 2 is 1.73 bits per heavy atom. The molecule has 3 heterocycles. The molecule has 30 heavy (non-hydrogen) atoms. The van der Waals surface area contributed by atoms with Gasteiger partial charge in [0.15, 0.2) is 0 Å². The predicted octanol–water partition coefficient (Wildman–Crippen LogP) is 2.87. The quantitative estimate of drug-likeness (QED) is 0.772. The normalized spacial score (nSPS) is 19.0. The summed E-state index contributed by atoms with van der Waals surface area (Å²) in [6, 6.07) is 18.4. The Morgan fingerprint density at radius 3 is 2.50 bits per heavy atom. The van der Waals surface area contributed by atoms with Crippen LogP contribution in [0.4, 0.5) is 0 Å². The van der Waals surface area contributed by atoms with Gasteiger partial charge in [-0.15, -0.1) is 0 Å². The minimum absolute atomic E-state index is 0.0930. The average Bonchev–Trinajstić information content (AvgIpc) is 3.28. The lowest BCUT2D eigenvalue weighted by Crippen LogP contribution is -2.53. The highest BCUT2D eigenvalue weighted by Crippen LogP contribution is 2.32. The first-order valence-corrected chi connectivity index (χ1v) is 10.5. The number of nitrogens with zero attached hydrogens (tertiary/aromatic N) is 4. The number of carbonyl (C=O) groups excluding carboxylic acids is 1. The Kier molecular flexibility index (Phi) is 5.01. The zero-order valence-corrected chi connectivity index (χ0v) is 17.3. The Balaban J connectivity index is 1.39. The van der Waals surface area contributed by atoms with Gasteiger partial charge in [0.1, 0.15) is 5.75 Å². The van der Waals surface area contributed by atoms with Crippen LogP contribution in [-0.4, -0.2) is 59.9 Å². The van der Waals surface area contributed by atoms with Crippen molar-refractivity contribution in [2.75, 3.05) is 33.3 Å². The van der Waals surface area contributed by atoms with Gasteiger partial charge in [-0.1, -0.05) is 42.5 Å². The third kappa shape index (κ3) is 3.48. The van der Waals surface area contributed by atoms with Gasteiger partial charge >= 0.3 is 0 Å². The van der Waals surface area contributed by atoms with Gasteiger partial charge in [-0.3, -0.25) is 19.6 Å². The van der Waals surface area contributed by atoms with Crippen LogP contribution in [0.25, 0.3) is 0 Å². The summed E-state index contributed by atoms with van der Waals surface area (Å²) in [4.78, 5) is 24.7. The van der Waals surface area contributed by atoms with Crippen LogP contribution in [0.3, 0.4) is 0 Å². The molecule has 3 aliphatic rings. The third-order valence-electron chi connectivity index (χ3n) is 6.03. The molecule has 0 spiro atoms. The van der Waals surface area contributed by atoms with Crippen molar-refractivity contribution in [3.8, 4) is 5.75 Å². The van der Waals surface area contributed by atoms with Gasteiger partial charge in [0.25, 0.3) is 5.91 Å². The van der Waals surface area contributed by atoms with Gasteiger partial charge in [-0.2, -0.15) is 0 Å². The number of ether oxygens (including phenoxy) is 1. The molecule has 5 rings (SSSR count). The van der Waals surface area contributed by atoms with Crippen LogP contribution in [-0.2, 0) is 17.9 Å². The maximum absolute atomic E-state index is 13.5. The van der Waals surface area contributed by atoms with E-state index >= 15 is 0 Å². The molecule has 0 fully saturated rings. The SMILES string of the molecule is COc1ccc(CN2C(=O)C3=C(CCN(Cc4ccccc4)C3)N3CCN=C23)cc1. The molecule has 0 radical (unpaired) electrons. The van der Waals surface area contributed by atoms with E-state index in [0.717, 1.165) is 55.4 Å². The van der Waals surface area contributed by atoms with E-state index in [4.69, 9.17) is 4.74 Å². The van der Waals surface area contributed by atoms with Crippen molar-refractivity contribution >= 4 is 11.9 Å². The number of aliphatic imine (C=N–C) groups is 1. The molecule has 2 aromatic carbocycles. The number of carbonyl (C=O) groups is 1. The van der Waals surface area contributed by atoms with Crippen LogP contribution >= 0.6 is 0 Å². The fourth-order valence-electron chi connectivity index (χ4n) is 4.51. The van der Waals surface area contributed by atoms with Gasteiger partial charge in [-0.05, 0) is 23.3 Å². The molecule has 0 atom stereocenters. The van der Waals surface area contributed by atoms with Crippen molar-refractivity contribution in [1.29, 1.82) is 0 Å². The fourth-order valence-corrected chi connectivity index (χ4v) is 4.51. The van der Waals surface area contributed by atoms with Crippen molar-refractivity contribution in [1.82, 2.24) is 14.7 Å². The molecule has 0 aliphatic carbocycles. The number of amides is 1. The van der Waals surface area contributed by atoms with E-state index in [0.29, 0.717) is 13.1 Å². The van der Waals surface area contributed by atoms with E-state index in [1.165, 1.54) is 11.3 Å². The van der Waals surface area contributed by atoms with E-state index < -0.39 is 0 Å². The predicted molar refractivity (Wildman–Crippen MR) is 116 cm³/mol. The summed E-state index contributed by atoms with van der Waals surface area (Å²) in [6.07, 6.45) is 0.892. The first-order valence-electron chi connectivity index (χ1n) is 10.5. The molecular formula is C24H26N4O2. The summed E-state index contributed by atoms with van der Waals surface area (Å²) in [5, 5.41) is 0. The largest absolute Gasteiger partial charge is 0.497 e. The number of hydrogen-bond acceptors (Lipinski definition) is 5. The molecular weight excluding hydrogens is 376 g/mol. The van der Waals surface area contributed by atoms with Crippen LogP contribution in [0.1, 0.15) is 17.5 Å². The molecule has 2 aromatic rings. The molecule has 3 aliphatic heterocycles. The minimum Gasteiger partial charge on any atom is -0.497 e. The Morgan fingerprint density at radius 1 is 0.967 bits per heavy atom. The molecule has 0 aromatic heterocycles. The van der Waals surface area contributed by atoms with Gasteiger partial charge in [0.05, 0.1) is 25.8 Å². The smallest absolute Gasteiger partial charge is 0.259 e. The Hall–Kier alpha value is -3.12. The maximum atomic E-state index is 13.5. The van der Waals surface area contributed by atoms with Crippen molar-refractivity contribution in [2.24, 2.45) is 4.99 Å². The highest BCUT2D eigenvalue weighted by atomic mass is 16.5. The molecule has 1 amide bonds. The Bertz CT molecular complexity index is 998. The van der Waals surface area contributed by atoms with E-state index in [-0.39, 0.29) is 5.91 Å². The summed E-state index contributed by atoms with van der Waals surface area (Å²) >= 11 is 0. The molecule has 0 N–H and O–H groups in total. The molecule has 6 heteroatoms. The number of methoxy groups -OCH3 is 1. The summed E-state index contributed by atoms with van der Waals surface area (Å²) in [6.45, 7) is 4.64. The second kappa shape index (κ2) is 7.95. The number of fused-ring (bicyclic) bond motifs is 2. The average molecular weight is 402 g/mol. The van der Waals surface area contributed by atoms with E-state index in [9.17, 15) is 4.79 Å².